The highest BCUT2D eigenvalue weighted by Crippen LogP contribution is 2.22. The summed E-state index contributed by atoms with van der Waals surface area (Å²) in [6, 6.07) is 11.8. The second-order valence-corrected chi connectivity index (χ2v) is 8.20. The van der Waals surface area contributed by atoms with Gasteiger partial charge in [0.1, 0.15) is 5.75 Å². The van der Waals surface area contributed by atoms with Crippen LogP contribution in [-0.4, -0.2) is 27.2 Å². The SMILES string of the molecule is CCOc1ccc(C(=O)NC(CC)c2ccc(S(C)(=O)=O)cc2)cc1C. The van der Waals surface area contributed by atoms with Crippen molar-refractivity contribution in [2.45, 2.75) is 38.1 Å². The van der Waals surface area contributed by atoms with E-state index in [9.17, 15) is 13.2 Å². The summed E-state index contributed by atoms with van der Waals surface area (Å²) in [5, 5.41) is 3.01. The Morgan fingerprint density at radius 1 is 1.12 bits per heavy atom. The number of benzene rings is 2. The van der Waals surface area contributed by atoms with E-state index in [0.29, 0.717) is 18.6 Å². The van der Waals surface area contributed by atoms with Crippen LogP contribution in [0, 0.1) is 6.92 Å². The maximum Gasteiger partial charge on any atom is 0.251 e. The van der Waals surface area contributed by atoms with Crippen LogP contribution in [0.25, 0.3) is 0 Å². The fourth-order valence-electron chi connectivity index (χ4n) is 2.72. The Bertz CT molecular complexity index is 873. The van der Waals surface area contributed by atoms with Crippen molar-refractivity contribution in [3.8, 4) is 5.75 Å². The highest BCUT2D eigenvalue weighted by atomic mass is 32.2. The molecule has 5 nitrogen and oxygen atoms in total. The van der Waals surface area contributed by atoms with Crippen LogP contribution in [0.1, 0.15) is 47.8 Å². The van der Waals surface area contributed by atoms with Gasteiger partial charge in [-0.3, -0.25) is 4.79 Å². The predicted molar refractivity (Wildman–Crippen MR) is 102 cm³/mol. The quantitative estimate of drug-likeness (QED) is 0.801. The molecule has 0 aliphatic carbocycles. The minimum atomic E-state index is -3.23. The Kier molecular flexibility index (Phi) is 6.42. The average Bonchev–Trinajstić information content (AvgIpc) is 2.60. The van der Waals surface area contributed by atoms with Gasteiger partial charge in [0.05, 0.1) is 17.5 Å². The maximum atomic E-state index is 12.6. The van der Waals surface area contributed by atoms with Crippen LogP contribution in [-0.2, 0) is 9.84 Å². The molecule has 0 radical (unpaired) electrons. The van der Waals surface area contributed by atoms with Gasteiger partial charge in [-0.2, -0.15) is 0 Å². The molecule has 0 spiro atoms. The van der Waals surface area contributed by atoms with Crippen LogP contribution in [0.3, 0.4) is 0 Å². The molecule has 0 saturated heterocycles. The molecule has 0 aromatic heterocycles. The molecule has 0 aliphatic rings. The molecule has 2 rings (SSSR count). The molecule has 6 heteroatoms. The third-order valence-corrected chi connectivity index (χ3v) is 5.29. The number of nitrogens with one attached hydrogen (secondary N) is 1. The van der Waals surface area contributed by atoms with Crippen molar-refractivity contribution >= 4 is 15.7 Å². The van der Waals surface area contributed by atoms with E-state index in [4.69, 9.17) is 4.74 Å². The summed E-state index contributed by atoms with van der Waals surface area (Å²) in [7, 11) is -3.23. The smallest absolute Gasteiger partial charge is 0.251 e. The van der Waals surface area contributed by atoms with E-state index in [2.05, 4.69) is 5.32 Å². The van der Waals surface area contributed by atoms with Crippen LogP contribution >= 0.6 is 0 Å². The molecular formula is C20H25NO4S. The molecule has 0 fully saturated rings. The first-order valence-electron chi connectivity index (χ1n) is 8.60. The number of rotatable bonds is 7. The molecule has 1 amide bonds. The number of carbonyl (C=O) groups is 1. The van der Waals surface area contributed by atoms with E-state index in [1.165, 1.54) is 6.26 Å². The van der Waals surface area contributed by atoms with Crippen molar-refractivity contribution in [3.63, 3.8) is 0 Å². The number of amides is 1. The molecule has 140 valence electrons. The molecule has 0 heterocycles. The minimum Gasteiger partial charge on any atom is -0.494 e. The second kappa shape index (κ2) is 8.36. The van der Waals surface area contributed by atoms with Crippen LogP contribution in [0.5, 0.6) is 5.75 Å². The fourth-order valence-corrected chi connectivity index (χ4v) is 3.35. The summed E-state index contributed by atoms with van der Waals surface area (Å²) in [5.74, 6) is 0.600. The van der Waals surface area contributed by atoms with Gasteiger partial charge >= 0.3 is 0 Å². The lowest BCUT2D eigenvalue weighted by Gasteiger charge is -2.18. The maximum absolute atomic E-state index is 12.6. The summed E-state index contributed by atoms with van der Waals surface area (Å²) in [6.07, 6.45) is 1.87. The highest BCUT2D eigenvalue weighted by Gasteiger charge is 2.16. The number of aryl methyl sites for hydroxylation is 1. The lowest BCUT2D eigenvalue weighted by Crippen LogP contribution is -2.28. The van der Waals surface area contributed by atoms with E-state index in [1.807, 2.05) is 20.8 Å². The van der Waals surface area contributed by atoms with Gasteiger partial charge in [0.2, 0.25) is 0 Å². The monoisotopic (exact) mass is 375 g/mol. The van der Waals surface area contributed by atoms with Crippen LogP contribution in [0.15, 0.2) is 47.4 Å². The molecule has 1 N–H and O–H groups in total. The van der Waals surface area contributed by atoms with Crippen LogP contribution < -0.4 is 10.1 Å². The normalized spacial score (nSPS) is 12.5. The average molecular weight is 375 g/mol. The third kappa shape index (κ3) is 4.85. The van der Waals surface area contributed by atoms with Crippen molar-refractivity contribution < 1.29 is 17.9 Å². The number of sulfone groups is 1. The van der Waals surface area contributed by atoms with E-state index < -0.39 is 9.84 Å². The molecule has 26 heavy (non-hydrogen) atoms. The van der Waals surface area contributed by atoms with Gasteiger partial charge in [-0.05, 0) is 61.7 Å². The molecule has 2 aromatic rings. The molecule has 1 unspecified atom stereocenters. The Labute approximate surface area is 155 Å². The Hall–Kier alpha value is -2.34. The van der Waals surface area contributed by atoms with Crippen molar-refractivity contribution in [2.24, 2.45) is 0 Å². The van der Waals surface area contributed by atoms with Crippen molar-refractivity contribution in [1.82, 2.24) is 5.32 Å². The molecule has 0 bridgehead atoms. The van der Waals surface area contributed by atoms with Gasteiger partial charge in [0.15, 0.2) is 9.84 Å². The molecule has 0 saturated carbocycles. The van der Waals surface area contributed by atoms with E-state index in [0.717, 1.165) is 16.9 Å². The van der Waals surface area contributed by atoms with Gasteiger partial charge in [0, 0.05) is 11.8 Å². The minimum absolute atomic E-state index is 0.171. The van der Waals surface area contributed by atoms with Crippen LogP contribution in [0.4, 0.5) is 0 Å². The number of carbonyl (C=O) groups excluding carboxylic acids is 1. The first-order chi connectivity index (χ1) is 12.3. The summed E-state index contributed by atoms with van der Waals surface area (Å²) in [6.45, 7) is 6.37. The molecule has 0 aliphatic heterocycles. The summed E-state index contributed by atoms with van der Waals surface area (Å²) in [5.41, 5.74) is 2.35. The number of hydrogen-bond acceptors (Lipinski definition) is 4. The Morgan fingerprint density at radius 3 is 2.27 bits per heavy atom. The first-order valence-corrected chi connectivity index (χ1v) is 10.5. The summed E-state index contributed by atoms with van der Waals surface area (Å²) >= 11 is 0. The van der Waals surface area contributed by atoms with Crippen molar-refractivity contribution in [2.75, 3.05) is 12.9 Å². The molecule has 2 aromatic carbocycles. The van der Waals surface area contributed by atoms with Gasteiger partial charge in [-0.15, -0.1) is 0 Å². The zero-order chi connectivity index (χ0) is 19.3. The highest BCUT2D eigenvalue weighted by molar-refractivity contribution is 7.90. The van der Waals surface area contributed by atoms with Gasteiger partial charge in [-0.1, -0.05) is 19.1 Å². The van der Waals surface area contributed by atoms with E-state index >= 15 is 0 Å². The third-order valence-electron chi connectivity index (χ3n) is 4.16. The topological polar surface area (TPSA) is 72.5 Å². The molecular weight excluding hydrogens is 350 g/mol. The van der Waals surface area contributed by atoms with Gasteiger partial charge < -0.3 is 10.1 Å². The number of hydrogen-bond donors (Lipinski definition) is 1. The molecule has 1 atom stereocenters. The van der Waals surface area contributed by atoms with E-state index in [1.54, 1.807) is 42.5 Å². The fraction of sp³-hybridized carbons (Fsp3) is 0.350. The zero-order valence-corrected chi connectivity index (χ0v) is 16.4. The van der Waals surface area contributed by atoms with Crippen molar-refractivity contribution in [1.29, 1.82) is 0 Å². The van der Waals surface area contributed by atoms with Gasteiger partial charge in [-0.25, -0.2) is 8.42 Å². The van der Waals surface area contributed by atoms with Crippen molar-refractivity contribution in [3.05, 3.63) is 59.2 Å². The lowest BCUT2D eigenvalue weighted by molar-refractivity contribution is 0.0935. The Balaban J connectivity index is 2.16. The lowest BCUT2D eigenvalue weighted by atomic mass is 10.0. The van der Waals surface area contributed by atoms with E-state index in [-0.39, 0.29) is 16.8 Å². The van der Waals surface area contributed by atoms with Gasteiger partial charge in [0.25, 0.3) is 5.91 Å². The first kappa shape index (κ1) is 20.0. The second-order valence-electron chi connectivity index (χ2n) is 6.19. The predicted octanol–water partition coefficient (Wildman–Crippen LogP) is 3.68. The Morgan fingerprint density at radius 2 is 1.77 bits per heavy atom. The zero-order valence-electron chi connectivity index (χ0n) is 15.6. The summed E-state index contributed by atoms with van der Waals surface area (Å²) in [4.78, 5) is 12.9. The largest absolute Gasteiger partial charge is 0.494 e. The van der Waals surface area contributed by atoms with Crippen LogP contribution in [0.2, 0.25) is 0 Å². The number of ether oxygens (including phenoxy) is 1. The standard InChI is InChI=1S/C20H25NO4S/c1-5-18(15-7-10-17(11-8-15)26(4,23)24)21-20(22)16-9-12-19(25-6-2)14(3)13-16/h7-13,18H,5-6H2,1-4H3,(H,21,22). The summed E-state index contributed by atoms with van der Waals surface area (Å²) < 4.78 is 28.6.